The summed E-state index contributed by atoms with van der Waals surface area (Å²) in [6.07, 6.45) is 1.65. The maximum absolute atomic E-state index is 13.4. The van der Waals surface area contributed by atoms with Crippen molar-refractivity contribution in [3.63, 3.8) is 0 Å². The molecule has 142 valence electrons. The Hall–Kier alpha value is -3.73. The average molecular weight is 382 g/mol. The number of benzene rings is 2. The number of anilines is 1. The molecule has 5 nitrogen and oxygen atoms in total. The second-order valence-electron chi connectivity index (χ2n) is 7.30. The van der Waals surface area contributed by atoms with Gasteiger partial charge in [-0.25, -0.2) is 4.98 Å². The van der Waals surface area contributed by atoms with Crippen molar-refractivity contribution in [2.24, 2.45) is 0 Å². The third kappa shape index (κ3) is 2.58. The van der Waals surface area contributed by atoms with Crippen LogP contribution in [-0.2, 0) is 0 Å². The van der Waals surface area contributed by atoms with Gasteiger partial charge < -0.3 is 4.42 Å². The maximum Gasteiger partial charge on any atom is 0.296 e. The van der Waals surface area contributed by atoms with Gasteiger partial charge in [-0.15, -0.1) is 0 Å². The Balaban J connectivity index is 1.84. The van der Waals surface area contributed by atoms with E-state index >= 15 is 0 Å². The fourth-order valence-corrected chi connectivity index (χ4v) is 3.93. The number of pyridine rings is 1. The Morgan fingerprint density at radius 1 is 0.931 bits per heavy atom. The second-order valence-corrected chi connectivity index (χ2v) is 7.30. The van der Waals surface area contributed by atoms with Gasteiger partial charge in [0.2, 0.25) is 5.76 Å². The highest BCUT2D eigenvalue weighted by molar-refractivity contribution is 6.10. The third-order valence-corrected chi connectivity index (χ3v) is 5.38. The highest BCUT2D eigenvalue weighted by Crippen LogP contribution is 2.41. The zero-order valence-corrected chi connectivity index (χ0v) is 16.0. The van der Waals surface area contributed by atoms with E-state index in [9.17, 15) is 9.59 Å². The van der Waals surface area contributed by atoms with E-state index in [1.807, 2.05) is 50.2 Å². The molecule has 1 aliphatic rings. The predicted octanol–water partition coefficient (Wildman–Crippen LogP) is 4.55. The first-order chi connectivity index (χ1) is 14.1. The van der Waals surface area contributed by atoms with Crippen LogP contribution in [0.5, 0.6) is 0 Å². The van der Waals surface area contributed by atoms with Crippen LogP contribution in [0.2, 0.25) is 0 Å². The number of nitrogens with zero attached hydrogens (tertiary/aromatic N) is 2. The van der Waals surface area contributed by atoms with Gasteiger partial charge >= 0.3 is 0 Å². The lowest BCUT2D eigenvalue weighted by Crippen LogP contribution is -2.30. The summed E-state index contributed by atoms with van der Waals surface area (Å²) in [5.41, 5.74) is 3.38. The van der Waals surface area contributed by atoms with Gasteiger partial charge in [-0.05, 0) is 43.2 Å². The molecule has 1 amide bonds. The average Bonchev–Trinajstić information content (AvgIpc) is 3.02. The van der Waals surface area contributed by atoms with Gasteiger partial charge in [0.25, 0.3) is 5.91 Å². The quantitative estimate of drug-likeness (QED) is 0.510. The molecule has 0 saturated heterocycles. The summed E-state index contributed by atoms with van der Waals surface area (Å²) in [5, 5.41) is 0.468. The first-order valence-electron chi connectivity index (χ1n) is 9.44. The fourth-order valence-electron chi connectivity index (χ4n) is 3.93. The first-order valence-corrected chi connectivity index (χ1v) is 9.44. The number of fused-ring (bicyclic) bond motifs is 2. The summed E-state index contributed by atoms with van der Waals surface area (Å²) in [6, 6.07) is 18.0. The van der Waals surface area contributed by atoms with E-state index in [1.54, 1.807) is 35.4 Å². The molecule has 0 N–H and O–H groups in total. The van der Waals surface area contributed by atoms with Crippen LogP contribution in [0.25, 0.3) is 11.0 Å². The van der Waals surface area contributed by atoms with Crippen LogP contribution in [0.15, 0.2) is 76.1 Å². The number of carbonyl (C=O) groups is 1. The standard InChI is InChI=1S/C24H18N2O3/c1-14-9-11-16(12-10-14)20-19-21(27)17-7-3-4-8-18(17)29-22(19)24(28)26(20)23-15(2)6-5-13-25-23/h3-13,20H,1-2H3. The summed E-state index contributed by atoms with van der Waals surface area (Å²) in [5.74, 6) is 0.262. The number of amides is 1. The number of aromatic nitrogens is 1. The molecule has 29 heavy (non-hydrogen) atoms. The molecular weight excluding hydrogens is 364 g/mol. The summed E-state index contributed by atoms with van der Waals surface area (Å²) >= 11 is 0. The van der Waals surface area contributed by atoms with Gasteiger partial charge in [0.15, 0.2) is 5.43 Å². The lowest BCUT2D eigenvalue weighted by Gasteiger charge is -2.25. The number of aryl methyl sites for hydroxylation is 2. The van der Waals surface area contributed by atoms with Crippen molar-refractivity contribution in [1.29, 1.82) is 0 Å². The lowest BCUT2D eigenvalue weighted by molar-refractivity contribution is 0.0970. The first kappa shape index (κ1) is 17.4. The third-order valence-electron chi connectivity index (χ3n) is 5.38. The molecule has 0 saturated carbocycles. The van der Waals surface area contributed by atoms with Gasteiger partial charge in [0.1, 0.15) is 11.4 Å². The molecule has 5 rings (SSSR count). The van der Waals surface area contributed by atoms with Crippen LogP contribution in [0.4, 0.5) is 5.82 Å². The van der Waals surface area contributed by atoms with Gasteiger partial charge in [-0.3, -0.25) is 14.5 Å². The monoisotopic (exact) mass is 382 g/mol. The molecule has 0 radical (unpaired) electrons. The van der Waals surface area contributed by atoms with E-state index in [1.165, 1.54) is 0 Å². The van der Waals surface area contributed by atoms with Gasteiger partial charge in [0.05, 0.1) is 17.0 Å². The summed E-state index contributed by atoms with van der Waals surface area (Å²) in [6.45, 7) is 3.90. The molecule has 5 heteroatoms. The van der Waals surface area contributed by atoms with E-state index in [0.717, 1.165) is 16.7 Å². The molecule has 1 aliphatic heterocycles. The number of para-hydroxylation sites is 1. The second kappa shape index (κ2) is 6.41. The molecule has 1 atom stereocenters. The van der Waals surface area contributed by atoms with Crippen LogP contribution in [0, 0.1) is 13.8 Å². The largest absolute Gasteiger partial charge is 0.450 e. The molecule has 2 aromatic carbocycles. The van der Waals surface area contributed by atoms with Crippen LogP contribution in [-0.4, -0.2) is 10.9 Å². The molecule has 2 aromatic heterocycles. The molecule has 0 fully saturated rings. The normalized spacial score (nSPS) is 15.7. The van der Waals surface area contributed by atoms with Gasteiger partial charge in [-0.1, -0.05) is 48.0 Å². The molecule has 0 bridgehead atoms. The Kier molecular flexibility index (Phi) is 3.84. The minimum absolute atomic E-state index is 0.0873. The highest BCUT2D eigenvalue weighted by atomic mass is 16.3. The lowest BCUT2D eigenvalue weighted by atomic mass is 9.97. The predicted molar refractivity (Wildman–Crippen MR) is 111 cm³/mol. The van der Waals surface area contributed by atoms with E-state index in [0.29, 0.717) is 22.4 Å². The van der Waals surface area contributed by atoms with E-state index in [-0.39, 0.29) is 17.1 Å². The molecule has 3 heterocycles. The van der Waals surface area contributed by atoms with Crippen molar-refractivity contribution in [3.05, 3.63) is 105 Å². The van der Waals surface area contributed by atoms with Crippen molar-refractivity contribution < 1.29 is 9.21 Å². The van der Waals surface area contributed by atoms with Crippen LogP contribution >= 0.6 is 0 Å². The summed E-state index contributed by atoms with van der Waals surface area (Å²) in [7, 11) is 0. The van der Waals surface area contributed by atoms with Crippen molar-refractivity contribution in [1.82, 2.24) is 4.98 Å². The maximum atomic E-state index is 13.4. The molecular formula is C24H18N2O3. The van der Waals surface area contributed by atoms with Crippen LogP contribution in [0.1, 0.15) is 38.9 Å². The number of hydrogen-bond donors (Lipinski definition) is 0. The minimum Gasteiger partial charge on any atom is -0.450 e. The van der Waals surface area contributed by atoms with Crippen molar-refractivity contribution in [2.75, 3.05) is 4.90 Å². The molecule has 0 spiro atoms. The van der Waals surface area contributed by atoms with Crippen molar-refractivity contribution in [2.45, 2.75) is 19.9 Å². The fraction of sp³-hybridized carbons (Fsp3) is 0.125. The Morgan fingerprint density at radius 3 is 2.45 bits per heavy atom. The number of carbonyl (C=O) groups excluding carboxylic acids is 1. The van der Waals surface area contributed by atoms with Crippen LogP contribution < -0.4 is 10.3 Å². The van der Waals surface area contributed by atoms with E-state index in [2.05, 4.69) is 4.98 Å². The highest BCUT2D eigenvalue weighted by Gasteiger charge is 2.44. The van der Waals surface area contributed by atoms with Crippen LogP contribution in [0.3, 0.4) is 0 Å². The number of hydrogen-bond acceptors (Lipinski definition) is 4. The zero-order chi connectivity index (χ0) is 20.1. The molecule has 1 unspecified atom stereocenters. The topological polar surface area (TPSA) is 63.4 Å². The Labute approximate surface area is 167 Å². The SMILES string of the molecule is Cc1ccc(C2c3c(oc4ccccc4c3=O)C(=O)N2c2ncccc2C)cc1. The van der Waals surface area contributed by atoms with E-state index < -0.39 is 6.04 Å². The smallest absolute Gasteiger partial charge is 0.296 e. The Bertz CT molecular complexity index is 1320. The van der Waals surface area contributed by atoms with E-state index in [4.69, 9.17) is 4.42 Å². The summed E-state index contributed by atoms with van der Waals surface area (Å²) in [4.78, 5) is 32.9. The van der Waals surface area contributed by atoms with Gasteiger partial charge in [0, 0.05) is 6.20 Å². The Morgan fingerprint density at radius 2 is 1.69 bits per heavy atom. The van der Waals surface area contributed by atoms with Gasteiger partial charge in [-0.2, -0.15) is 0 Å². The van der Waals surface area contributed by atoms with Crippen molar-refractivity contribution >= 4 is 22.7 Å². The number of rotatable bonds is 2. The summed E-state index contributed by atoms with van der Waals surface area (Å²) < 4.78 is 5.95. The van der Waals surface area contributed by atoms with Crippen molar-refractivity contribution in [3.8, 4) is 0 Å². The molecule has 0 aliphatic carbocycles. The minimum atomic E-state index is -0.590. The zero-order valence-electron chi connectivity index (χ0n) is 16.0. The molecule has 4 aromatic rings.